The molecule has 0 fully saturated rings. The molecule has 0 aliphatic heterocycles. The number of hydrogen-bond acceptors (Lipinski definition) is 3. The highest BCUT2D eigenvalue weighted by atomic mass is 79.9. The number of anilines is 1. The summed E-state index contributed by atoms with van der Waals surface area (Å²) >= 11 is 21.9. The van der Waals surface area contributed by atoms with Gasteiger partial charge in [0.25, 0.3) is 5.91 Å². The molecule has 0 saturated heterocycles. The van der Waals surface area contributed by atoms with E-state index >= 15 is 0 Å². The molecule has 4 aromatic rings. The fourth-order valence-corrected chi connectivity index (χ4v) is 3.85. The first-order valence-corrected chi connectivity index (χ1v) is 11.0. The lowest BCUT2D eigenvalue weighted by atomic mass is 10.1. The lowest BCUT2D eigenvalue weighted by Crippen LogP contribution is -2.14. The fourth-order valence-electron chi connectivity index (χ4n) is 2.96. The highest BCUT2D eigenvalue weighted by molar-refractivity contribution is 9.10. The van der Waals surface area contributed by atoms with Crippen LogP contribution in [-0.2, 0) is 0 Å². The summed E-state index contributed by atoms with van der Waals surface area (Å²) in [6, 6.07) is 17.9. The molecule has 0 spiro atoms. The summed E-state index contributed by atoms with van der Waals surface area (Å²) in [6.07, 6.45) is 0. The SMILES string of the molecule is Cc1c(Cl)cccc1-n1nc(C(=O)Nc2ccc(Cl)cc2Cl)nc1-c1ccc(Br)cc1. The number of hydrogen-bond donors (Lipinski definition) is 1. The number of carbonyl (C=O) groups is 1. The quantitative estimate of drug-likeness (QED) is 0.300. The van der Waals surface area contributed by atoms with Gasteiger partial charge in [-0.3, -0.25) is 4.79 Å². The number of aromatic nitrogens is 3. The Morgan fingerprint density at radius 3 is 2.45 bits per heavy atom. The second-order valence-electron chi connectivity index (χ2n) is 6.64. The van der Waals surface area contributed by atoms with Gasteiger partial charge in [-0.15, -0.1) is 5.10 Å². The minimum Gasteiger partial charge on any atom is -0.318 e. The lowest BCUT2D eigenvalue weighted by Gasteiger charge is -2.10. The van der Waals surface area contributed by atoms with Crippen molar-refractivity contribution >= 4 is 62.3 Å². The Morgan fingerprint density at radius 2 is 1.74 bits per heavy atom. The molecule has 0 bridgehead atoms. The van der Waals surface area contributed by atoms with E-state index in [2.05, 4.69) is 31.3 Å². The Labute approximate surface area is 202 Å². The molecular weight excluding hydrogens is 523 g/mol. The Morgan fingerprint density at radius 1 is 1.00 bits per heavy atom. The second kappa shape index (κ2) is 9.01. The first-order chi connectivity index (χ1) is 14.8. The molecule has 1 N–H and O–H groups in total. The number of benzene rings is 3. The molecule has 0 saturated carbocycles. The number of halogens is 4. The van der Waals surface area contributed by atoms with Gasteiger partial charge in [-0.25, -0.2) is 9.67 Å². The average molecular weight is 537 g/mol. The first-order valence-electron chi connectivity index (χ1n) is 9.08. The fraction of sp³-hybridized carbons (Fsp3) is 0.0455. The number of carbonyl (C=O) groups excluding carboxylic acids is 1. The van der Waals surface area contributed by atoms with Crippen molar-refractivity contribution in [3.05, 3.63) is 91.6 Å². The van der Waals surface area contributed by atoms with Crippen molar-refractivity contribution in [2.45, 2.75) is 6.92 Å². The van der Waals surface area contributed by atoms with Gasteiger partial charge < -0.3 is 5.32 Å². The molecule has 0 aliphatic rings. The smallest absolute Gasteiger partial charge is 0.295 e. The molecule has 0 atom stereocenters. The number of amides is 1. The van der Waals surface area contributed by atoms with Crippen LogP contribution < -0.4 is 5.32 Å². The molecule has 0 radical (unpaired) electrons. The van der Waals surface area contributed by atoms with E-state index in [4.69, 9.17) is 34.8 Å². The van der Waals surface area contributed by atoms with Gasteiger partial charge in [0.1, 0.15) is 0 Å². The van der Waals surface area contributed by atoms with Crippen molar-refractivity contribution in [3.8, 4) is 17.1 Å². The predicted molar refractivity (Wildman–Crippen MR) is 129 cm³/mol. The van der Waals surface area contributed by atoms with Gasteiger partial charge in [0, 0.05) is 20.1 Å². The van der Waals surface area contributed by atoms with Crippen LogP contribution in [0.2, 0.25) is 15.1 Å². The second-order valence-corrected chi connectivity index (χ2v) is 8.81. The van der Waals surface area contributed by atoms with Crippen LogP contribution >= 0.6 is 50.7 Å². The van der Waals surface area contributed by atoms with Crippen LogP contribution in [0.25, 0.3) is 17.1 Å². The Hall–Kier alpha value is -2.38. The van der Waals surface area contributed by atoms with Crippen molar-refractivity contribution in [3.63, 3.8) is 0 Å². The number of nitrogens with one attached hydrogen (secondary N) is 1. The van der Waals surface area contributed by atoms with Crippen LogP contribution in [0.5, 0.6) is 0 Å². The summed E-state index contributed by atoms with van der Waals surface area (Å²) in [5.41, 5.74) is 2.75. The zero-order valence-corrected chi connectivity index (χ0v) is 19.9. The molecular formula is C22H14BrCl3N4O. The van der Waals surface area contributed by atoms with Gasteiger partial charge in [-0.2, -0.15) is 0 Å². The molecule has 3 aromatic carbocycles. The van der Waals surface area contributed by atoms with Crippen molar-refractivity contribution in [2.75, 3.05) is 5.32 Å². The largest absolute Gasteiger partial charge is 0.318 e. The van der Waals surface area contributed by atoms with Crippen LogP contribution in [-0.4, -0.2) is 20.7 Å². The van der Waals surface area contributed by atoms with Crippen molar-refractivity contribution in [1.29, 1.82) is 0 Å². The Balaban J connectivity index is 1.80. The van der Waals surface area contributed by atoms with Crippen LogP contribution in [0.15, 0.2) is 65.1 Å². The molecule has 31 heavy (non-hydrogen) atoms. The highest BCUT2D eigenvalue weighted by Gasteiger charge is 2.21. The van der Waals surface area contributed by atoms with E-state index in [0.29, 0.717) is 26.6 Å². The summed E-state index contributed by atoms with van der Waals surface area (Å²) in [7, 11) is 0. The third kappa shape index (κ3) is 4.62. The minimum absolute atomic E-state index is 0.0108. The van der Waals surface area contributed by atoms with E-state index in [1.54, 1.807) is 28.9 Å². The Kier molecular flexibility index (Phi) is 6.34. The zero-order valence-electron chi connectivity index (χ0n) is 16.0. The third-order valence-electron chi connectivity index (χ3n) is 4.56. The molecule has 1 amide bonds. The monoisotopic (exact) mass is 534 g/mol. The Bertz CT molecular complexity index is 1290. The van der Waals surface area contributed by atoms with Gasteiger partial charge in [-0.1, -0.05) is 68.9 Å². The van der Waals surface area contributed by atoms with Crippen molar-refractivity contribution < 1.29 is 4.79 Å². The molecule has 9 heteroatoms. The van der Waals surface area contributed by atoms with E-state index < -0.39 is 5.91 Å². The molecule has 0 aliphatic carbocycles. The normalized spacial score (nSPS) is 10.9. The molecule has 5 nitrogen and oxygen atoms in total. The number of rotatable bonds is 4. The van der Waals surface area contributed by atoms with E-state index in [1.807, 2.05) is 43.3 Å². The summed E-state index contributed by atoms with van der Waals surface area (Å²) in [5, 5.41) is 8.59. The van der Waals surface area contributed by atoms with Gasteiger partial charge in [0.2, 0.25) is 5.82 Å². The lowest BCUT2D eigenvalue weighted by molar-refractivity contribution is 0.101. The van der Waals surface area contributed by atoms with Crippen molar-refractivity contribution in [2.24, 2.45) is 0 Å². The van der Waals surface area contributed by atoms with Crippen LogP contribution in [0, 0.1) is 6.92 Å². The highest BCUT2D eigenvalue weighted by Crippen LogP contribution is 2.29. The van der Waals surface area contributed by atoms with Crippen molar-refractivity contribution in [1.82, 2.24) is 14.8 Å². The molecule has 0 unspecified atom stereocenters. The van der Waals surface area contributed by atoms with E-state index in [0.717, 1.165) is 21.3 Å². The average Bonchev–Trinajstić information content (AvgIpc) is 3.18. The van der Waals surface area contributed by atoms with E-state index in [1.165, 1.54) is 0 Å². The van der Waals surface area contributed by atoms with Gasteiger partial charge >= 0.3 is 0 Å². The first kappa shape index (κ1) is 21.8. The summed E-state index contributed by atoms with van der Waals surface area (Å²) in [5.74, 6) is -0.00505. The van der Waals surface area contributed by atoms with Crippen LogP contribution in [0.3, 0.4) is 0 Å². The van der Waals surface area contributed by atoms with Gasteiger partial charge in [0.05, 0.1) is 16.4 Å². The molecule has 1 heterocycles. The predicted octanol–water partition coefficient (Wildman–Crippen LogP) is 7.22. The maximum absolute atomic E-state index is 12.9. The maximum Gasteiger partial charge on any atom is 0.295 e. The van der Waals surface area contributed by atoms with E-state index in [-0.39, 0.29) is 5.82 Å². The molecule has 1 aromatic heterocycles. The van der Waals surface area contributed by atoms with E-state index in [9.17, 15) is 4.79 Å². The summed E-state index contributed by atoms with van der Waals surface area (Å²) < 4.78 is 2.54. The maximum atomic E-state index is 12.9. The summed E-state index contributed by atoms with van der Waals surface area (Å²) in [4.78, 5) is 17.4. The van der Waals surface area contributed by atoms with Gasteiger partial charge in [0.15, 0.2) is 5.82 Å². The van der Waals surface area contributed by atoms with Crippen LogP contribution in [0.1, 0.15) is 16.2 Å². The summed E-state index contributed by atoms with van der Waals surface area (Å²) in [6.45, 7) is 1.89. The minimum atomic E-state index is -0.499. The molecule has 156 valence electrons. The third-order valence-corrected chi connectivity index (χ3v) is 6.05. The topological polar surface area (TPSA) is 59.8 Å². The van der Waals surface area contributed by atoms with Gasteiger partial charge in [-0.05, 0) is 55.0 Å². The van der Waals surface area contributed by atoms with Crippen LogP contribution in [0.4, 0.5) is 5.69 Å². The standard InChI is InChI=1S/C22H14BrCl3N4O/c1-12-16(25)3-2-4-19(12)30-21(13-5-7-14(23)8-6-13)28-20(29-30)22(31)27-18-10-9-15(24)11-17(18)26/h2-11H,1H3,(H,27,31). The number of nitrogens with zero attached hydrogens (tertiary/aromatic N) is 3. The zero-order chi connectivity index (χ0) is 22.1. The molecule has 4 rings (SSSR count).